The number of sulfonamides is 1. The fourth-order valence-corrected chi connectivity index (χ4v) is 3.07. The van der Waals surface area contributed by atoms with Gasteiger partial charge < -0.3 is 5.32 Å². The van der Waals surface area contributed by atoms with Gasteiger partial charge in [0.1, 0.15) is 0 Å². The van der Waals surface area contributed by atoms with Gasteiger partial charge in [-0.2, -0.15) is 11.8 Å². The van der Waals surface area contributed by atoms with E-state index >= 15 is 0 Å². The van der Waals surface area contributed by atoms with Crippen LogP contribution in [-0.2, 0) is 16.4 Å². The Bertz CT molecular complexity index is 458. The van der Waals surface area contributed by atoms with Crippen LogP contribution in [0.25, 0.3) is 0 Å². The predicted molar refractivity (Wildman–Crippen MR) is 82.3 cm³/mol. The van der Waals surface area contributed by atoms with Crippen LogP contribution in [0.3, 0.4) is 0 Å². The van der Waals surface area contributed by atoms with E-state index in [1.807, 2.05) is 18.4 Å². The Labute approximate surface area is 120 Å². The maximum atomic E-state index is 11.9. The lowest BCUT2D eigenvalue weighted by molar-refractivity contribution is 0.584. The van der Waals surface area contributed by atoms with Crippen molar-refractivity contribution in [3.8, 4) is 0 Å². The molecule has 2 N–H and O–H groups in total. The smallest absolute Gasteiger partial charge is 0.240 e. The number of hydrogen-bond acceptors (Lipinski definition) is 4. The van der Waals surface area contributed by atoms with Gasteiger partial charge in [0, 0.05) is 12.3 Å². The van der Waals surface area contributed by atoms with Crippen molar-refractivity contribution in [2.24, 2.45) is 0 Å². The van der Waals surface area contributed by atoms with Gasteiger partial charge in [-0.15, -0.1) is 0 Å². The molecule has 108 valence electrons. The number of benzene rings is 1. The fourth-order valence-electron chi connectivity index (χ4n) is 1.61. The number of hydrogen-bond donors (Lipinski definition) is 2. The summed E-state index contributed by atoms with van der Waals surface area (Å²) in [5.41, 5.74) is 1.14. The van der Waals surface area contributed by atoms with Crippen LogP contribution in [0, 0.1) is 0 Å². The average molecular weight is 302 g/mol. The highest BCUT2D eigenvalue weighted by atomic mass is 32.2. The van der Waals surface area contributed by atoms with Crippen molar-refractivity contribution >= 4 is 21.8 Å². The van der Waals surface area contributed by atoms with Crippen LogP contribution in [0.5, 0.6) is 0 Å². The highest BCUT2D eigenvalue weighted by molar-refractivity contribution is 7.98. The zero-order chi connectivity index (χ0) is 14.1. The Kier molecular flexibility index (Phi) is 7.45. The molecule has 0 fully saturated rings. The third-order valence-corrected chi connectivity index (χ3v) is 4.76. The highest BCUT2D eigenvalue weighted by Crippen LogP contribution is 2.10. The molecule has 0 unspecified atom stereocenters. The first kappa shape index (κ1) is 16.5. The number of nitrogens with one attached hydrogen (secondary N) is 2. The van der Waals surface area contributed by atoms with Gasteiger partial charge in [-0.3, -0.25) is 0 Å². The molecule has 0 atom stereocenters. The molecule has 0 amide bonds. The van der Waals surface area contributed by atoms with E-state index in [1.165, 1.54) is 0 Å². The largest absolute Gasteiger partial charge is 0.317 e. The molecule has 0 radical (unpaired) electrons. The van der Waals surface area contributed by atoms with Gasteiger partial charge in [-0.25, -0.2) is 13.1 Å². The van der Waals surface area contributed by atoms with Crippen LogP contribution in [0.4, 0.5) is 0 Å². The van der Waals surface area contributed by atoms with Gasteiger partial charge in [0.05, 0.1) is 4.90 Å². The lowest BCUT2D eigenvalue weighted by Gasteiger charge is -2.07. The van der Waals surface area contributed by atoms with Gasteiger partial charge in [0.2, 0.25) is 10.0 Å². The van der Waals surface area contributed by atoms with Gasteiger partial charge >= 0.3 is 0 Å². The van der Waals surface area contributed by atoms with E-state index in [4.69, 9.17) is 0 Å². The average Bonchev–Trinajstić information content (AvgIpc) is 2.40. The Morgan fingerprint density at radius 1 is 1.16 bits per heavy atom. The van der Waals surface area contributed by atoms with Gasteiger partial charge in [0.15, 0.2) is 0 Å². The monoisotopic (exact) mass is 302 g/mol. The minimum atomic E-state index is -3.35. The third kappa shape index (κ3) is 5.95. The zero-order valence-electron chi connectivity index (χ0n) is 11.5. The molecule has 4 nitrogen and oxygen atoms in total. The van der Waals surface area contributed by atoms with Crippen molar-refractivity contribution in [3.05, 3.63) is 29.8 Å². The summed E-state index contributed by atoms with van der Waals surface area (Å²) in [6, 6.07) is 7.09. The summed E-state index contributed by atoms with van der Waals surface area (Å²) in [6.07, 6.45) is 2.86. The van der Waals surface area contributed by atoms with Crippen molar-refractivity contribution in [3.63, 3.8) is 0 Å². The molecule has 0 aliphatic rings. The Balaban J connectivity index is 2.59. The molecule has 1 aromatic rings. The van der Waals surface area contributed by atoms with Crippen LogP contribution in [0.15, 0.2) is 29.2 Å². The number of likely N-dealkylation sites (N-methyl/N-ethyl adjacent to an activating group) is 1. The maximum Gasteiger partial charge on any atom is 0.240 e. The summed E-state index contributed by atoms with van der Waals surface area (Å²) in [4.78, 5) is 0.334. The van der Waals surface area contributed by atoms with Crippen LogP contribution in [0.1, 0.15) is 12.5 Å². The van der Waals surface area contributed by atoms with E-state index in [2.05, 4.69) is 17.0 Å². The van der Waals surface area contributed by atoms with Gasteiger partial charge in [0.25, 0.3) is 0 Å². The molecule has 0 aromatic heterocycles. The lowest BCUT2D eigenvalue weighted by Crippen LogP contribution is -2.26. The fraction of sp³-hybridized carbons (Fsp3) is 0.538. The lowest BCUT2D eigenvalue weighted by atomic mass is 10.1. The summed E-state index contributed by atoms with van der Waals surface area (Å²) in [6.45, 7) is 4.39. The molecule has 6 heteroatoms. The van der Waals surface area contributed by atoms with Crippen LogP contribution in [-0.4, -0.2) is 40.1 Å². The number of rotatable bonds is 9. The molecule has 0 aliphatic heterocycles. The van der Waals surface area contributed by atoms with E-state index < -0.39 is 10.0 Å². The van der Waals surface area contributed by atoms with E-state index in [9.17, 15) is 8.42 Å². The Morgan fingerprint density at radius 2 is 1.84 bits per heavy atom. The third-order valence-electron chi connectivity index (χ3n) is 2.67. The van der Waals surface area contributed by atoms with Crippen LogP contribution < -0.4 is 10.0 Å². The van der Waals surface area contributed by atoms with Crippen molar-refractivity contribution in [1.82, 2.24) is 10.0 Å². The minimum absolute atomic E-state index is 0.334. The maximum absolute atomic E-state index is 11.9. The molecule has 1 rings (SSSR count). The zero-order valence-corrected chi connectivity index (χ0v) is 13.1. The summed E-state index contributed by atoms with van der Waals surface area (Å²) >= 11 is 1.62. The summed E-state index contributed by atoms with van der Waals surface area (Å²) in [7, 11) is -3.35. The minimum Gasteiger partial charge on any atom is -0.317 e. The first-order valence-electron chi connectivity index (χ1n) is 6.38. The van der Waals surface area contributed by atoms with Crippen molar-refractivity contribution in [2.75, 3.05) is 31.6 Å². The summed E-state index contributed by atoms with van der Waals surface area (Å²) in [5, 5.41) is 3.24. The molecule has 0 aliphatic carbocycles. The number of thioether (sulfide) groups is 1. The molecular formula is C13H22N2O2S2. The molecule has 0 saturated carbocycles. The molecule has 0 spiro atoms. The molecule has 0 bridgehead atoms. The topological polar surface area (TPSA) is 58.2 Å². The van der Waals surface area contributed by atoms with Crippen molar-refractivity contribution < 1.29 is 8.42 Å². The van der Waals surface area contributed by atoms with Crippen molar-refractivity contribution in [2.45, 2.75) is 18.2 Å². The van der Waals surface area contributed by atoms with Crippen LogP contribution >= 0.6 is 11.8 Å². The van der Waals surface area contributed by atoms with Gasteiger partial charge in [-0.1, -0.05) is 19.1 Å². The Morgan fingerprint density at radius 3 is 2.42 bits per heavy atom. The summed E-state index contributed by atoms with van der Waals surface area (Å²) < 4.78 is 26.5. The second-order valence-electron chi connectivity index (χ2n) is 4.14. The molecule has 19 heavy (non-hydrogen) atoms. The predicted octanol–water partition coefficient (Wildman–Crippen LogP) is 1.48. The van der Waals surface area contributed by atoms with E-state index in [1.54, 1.807) is 23.9 Å². The summed E-state index contributed by atoms with van der Waals surface area (Å²) in [5.74, 6) is 0.778. The molecule has 0 heterocycles. The first-order chi connectivity index (χ1) is 9.10. The quantitative estimate of drug-likeness (QED) is 0.679. The molecular weight excluding hydrogens is 280 g/mol. The SMILES string of the molecule is CCNCCc1ccc(S(=O)(=O)NCCSC)cc1. The van der Waals surface area contributed by atoms with Crippen LogP contribution in [0.2, 0.25) is 0 Å². The van der Waals surface area contributed by atoms with E-state index in [-0.39, 0.29) is 0 Å². The van der Waals surface area contributed by atoms with Crippen molar-refractivity contribution in [1.29, 1.82) is 0 Å². The van der Waals surface area contributed by atoms with E-state index in [0.717, 1.165) is 30.8 Å². The first-order valence-corrected chi connectivity index (χ1v) is 9.26. The second-order valence-corrected chi connectivity index (χ2v) is 6.89. The molecule has 1 aromatic carbocycles. The Hall–Kier alpha value is -0.560. The van der Waals surface area contributed by atoms with Gasteiger partial charge in [-0.05, 0) is 43.5 Å². The standard InChI is InChI=1S/C13H22N2O2S2/c1-3-14-9-8-12-4-6-13(7-5-12)19(16,17)15-10-11-18-2/h4-7,14-15H,3,8-11H2,1-2H3. The normalized spacial score (nSPS) is 11.7. The molecule has 0 saturated heterocycles. The second kappa shape index (κ2) is 8.58. The highest BCUT2D eigenvalue weighted by Gasteiger charge is 2.12. The van der Waals surface area contributed by atoms with E-state index in [0.29, 0.717) is 11.4 Å².